The van der Waals surface area contributed by atoms with Gasteiger partial charge < -0.3 is 0 Å². The molecule has 2 saturated carbocycles. The van der Waals surface area contributed by atoms with Crippen molar-refractivity contribution in [3.8, 4) is 0 Å². The van der Waals surface area contributed by atoms with Gasteiger partial charge in [-0.1, -0.05) is 56.7 Å². The molecule has 0 N–H and O–H groups in total. The molecular weight excluding hydrogens is 434 g/mol. The van der Waals surface area contributed by atoms with Crippen LogP contribution < -0.4 is 5.30 Å². The van der Waals surface area contributed by atoms with E-state index in [4.69, 9.17) is 0 Å². The van der Waals surface area contributed by atoms with E-state index in [1.165, 1.54) is 75.3 Å². The largest absolute Gasteiger partial charge is 0.294 e. The monoisotopic (exact) mass is 464 g/mol. The van der Waals surface area contributed by atoms with Crippen molar-refractivity contribution in [2.24, 2.45) is 0 Å². The molecule has 0 radical (unpaired) electrons. The second-order valence-electron chi connectivity index (χ2n) is 7.82. The summed E-state index contributed by atoms with van der Waals surface area (Å²) < 4.78 is 0. The average Bonchev–Trinajstić information content (AvgIpc) is 2.62. The van der Waals surface area contributed by atoms with E-state index in [0.717, 1.165) is 5.30 Å². The van der Waals surface area contributed by atoms with E-state index in [0.29, 0.717) is 11.8 Å². The van der Waals surface area contributed by atoms with Gasteiger partial charge in [-0.15, -0.1) is 0 Å². The third kappa shape index (κ3) is 4.92. The zero-order chi connectivity index (χ0) is 17.8. The minimum absolute atomic E-state index is 0. The normalized spacial score (nSPS) is 19.2. The summed E-state index contributed by atoms with van der Waals surface area (Å²) >= 11 is 0. The van der Waals surface area contributed by atoms with Gasteiger partial charge in [0.25, 0.3) is 0 Å². The number of carbonyl (C=O) groups is 2. The van der Waals surface area contributed by atoms with Gasteiger partial charge in [0.1, 0.15) is 0 Å². The van der Waals surface area contributed by atoms with E-state index < -0.39 is 7.92 Å². The van der Waals surface area contributed by atoms with Crippen molar-refractivity contribution >= 4 is 24.3 Å². The van der Waals surface area contributed by atoms with Crippen molar-refractivity contribution in [1.82, 2.24) is 0 Å². The van der Waals surface area contributed by atoms with Crippen molar-refractivity contribution in [3.05, 3.63) is 29.3 Å². The van der Waals surface area contributed by atoms with E-state index in [-0.39, 0.29) is 31.5 Å². The molecule has 0 aliphatic heterocycles. The Labute approximate surface area is 173 Å². The molecule has 0 atom stereocenters. The molecule has 0 spiro atoms. The molecule has 0 aromatic heterocycles. The second-order valence-corrected chi connectivity index (χ2v) is 10.2. The Hall–Kier alpha value is -0.348. The van der Waals surface area contributed by atoms with Crippen LogP contribution in [0.3, 0.4) is 0 Å². The van der Waals surface area contributed by atoms with Crippen molar-refractivity contribution in [2.75, 3.05) is 0 Å². The molecule has 0 saturated heterocycles. The van der Waals surface area contributed by atoms with E-state index in [1.807, 2.05) is 0 Å². The van der Waals surface area contributed by atoms with E-state index in [1.54, 1.807) is 13.8 Å². The van der Waals surface area contributed by atoms with Gasteiger partial charge >= 0.3 is 0 Å². The summed E-state index contributed by atoms with van der Waals surface area (Å²) in [5.41, 5.74) is 2.99. The molecule has 2 fully saturated rings. The van der Waals surface area contributed by atoms with Crippen LogP contribution in [0, 0.1) is 0 Å². The Morgan fingerprint density at radius 2 is 1.31 bits per heavy atom. The summed E-state index contributed by atoms with van der Waals surface area (Å²) in [6.07, 6.45) is 12.8. The van der Waals surface area contributed by atoms with Gasteiger partial charge in [-0.25, -0.2) is 0 Å². The Morgan fingerprint density at radius 1 is 0.808 bits per heavy atom. The minimum atomic E-state index is -1.33. The van der Waals surface area contributed by atoms with Crippen molar-refractivity contribution in [3.63, 3.8) is 0 Å². The molecule has 0 bridgehead atoms. The van der Waals surface area contributed by atoms with Crippen LogP contribution in [0.25, 0.3) is 0 Å². The Morgan fingerprint density at radius 3 is 1.81 bits per heavy atom. The third-order valence-electron chi connectivity index (χ3n) is 6.05. The molecule has 0 unspecified atom stereocenters. The van der Waals surface area contributed by atoms with E-state index >= 15 is 0 Å². The van der Waals surface area contributed by atoms with Crippen LogP contribution >= 0.6 is 7.92 Å². The number of hydrogen-bond acceptors (Lipinski definition) is 2. The van der Waals surface area contributed by atoms with Crippen molar-refractivity contribution in [1.29, 1.82) is 0 Å². The molecule has 0 heterocycles. The van der Waals surface area contributed by atoms with Crippen LogP contribution in [-0.2, 0) is 30.0 Å². The van der Waals surface area contributed by atoms with Crippen LogP contribution in [0.15, 0.2) is 18.2 Å². The predicted molar refractivity (Wildman–Crippen MR) is 106 cm³/mol. The maximum atomic E-state index is 12.3. The smallest absolute Gasteiger partial charge is 0.163 e. The van der Waals surface area contributed by atoms with Gasteiger partial charge in [0, 0.05) is 20.4 Å². The van der Waals surface area contributed by atoms with Gasteiger partial charge in [0.05, 0.1) is 7.92 Å². The summed E-state index contributed by atoms with van der Waals surface area (Å²) in [6, 6.07) is 6.49. The second kappa shape index (κ2) is 10.3. The molecule has 2 nitrogen and oxygen atoms in total. The molecular formula is C22H31O2PPd. The maximum Gasteiger partial charge on any atom is 0.163 e. The van der Waals surface area contributed by atoms with Gasteiger partial charge in [-0.05, 0) is 67.8 Å². The quantitative estimate of drug-likeness (QED) is 0.397. The summed E-state index contributed by atoms with van der Waals surface area (Å²) in [5.74, 6) is 1.17. The first-order valence-corrected chi connectivity index (χ1v) is 11.4. The molecule has 3 rings (SSSR count). The third-order valence-corrected chi connectivity index (χ3v) is 8.18. The fraction of sp³-hybridized carbons (Fsp3) is 0.636. The molecule has 1 aromatic carbocycles. The standard InChI is InChI=1S/C22H31O2P.Pd/c1-16(23)25(17(2)24)21-15-9-14-20(18-10-5-3-6-11-18)22(21)19-12-7-4-8-13-19;/h9,14-15,18-19H,3-8,10-13H2,1-2H3;. The van der Waals surface area contributed by atoms with Crippen LogP contribution in [0.2, 0.25) is 0 Å². The Kier molecular flexibility index (Phi) is 8.67. The molecule has 4 heteroatoms. The van der Waals surface area contributed by atoms with Gasteiger partial charge in [0.15, 0.2) is 11.0 Å². The Bertz CT molecular complexity index is 617. The van der Waals surface area contributed by atoms with Crippen LogP contribution in [0.4, 0.5) is 0 Å². The fourth-order valence-corrected chi connectivity index (χ4v) is 6.84. The number of rotatable bonds is 5. The first-order chi connectivity index (χ1) is 12.1. The summed E-state index contributed by atoms with van der Waals surface area (Å²) in [7, 11) is -1.33. The first-order valence-electron chi connectivity index (χ1n) is 10.0. The van der Waals surface area contributed by atoms with Gasteiger partial charge in [0.2, 0.25) is 0 Å². The van der Waals surface area contributed by atoms with Crippen molar-refractivity contribution in [2.45, 2.75) is 89.9 Å². The SMILES string of the molecule is CC(=O)P(C(C)=O)c1cccc(C2CCCCC2)c1C1CCCCC1.[Pd]. The maximum absolute atomic E-state index is 12.3. The van der Waals surface area contributed by atoms with E-state index in [2.05, 4.69) is 18.2 Å². The van der Waals surface area contributed by atoms with E-state index in [9.17, 15) is 9.59 Å². The zero-order valence-corrected chi connectivity index (χ0v) is 18.5. The van der Waals surface area contributed by atoms with Gasteiger partial charge in [-0.2, -0.15) is 0 Å². The molecule has 2 aliphatic carbocycles. The Balaban J connectivity index is 0.00000243. The fourth-order valence-electron chi connectivity index (χ4n) is 4.93. The number of carbonyl (C=O) groups excluding carboxylic acids is 2. The van der Waals surface area contributed by atoms with Gasteiger partial charge in [-0.3, -0.25) is 9.59 Å². The molecule has 26 heavy (non-hydrogen) atoms. The topological polar surface area (TPSA) is 34.1 Å². The summed E-state index contributed by atoms with van der Waals surface area (Å²) in [5, 5.41) is 1.09. The number of benzene rings is 1. The molecule has 2 aliphatic rings. The average molecular weight is 465 g/mol. The summed E-state index contributed by atoms with van der Waals surface area (Å²) in [6.45, 7) is 3.20. The van der Waals surface area contributed by atoms with Crippen LogP contribution in [0.1, 0.15) is 101 Å². The molecule has 1 aromatic rings. The first kappa shape index (κ1) is 21.9. The molecule has 0 amide bonds. The molecule has 146 valence electrons. The van der Waals surface area contributed by atoms with Crippen molar-refractivity contribution < 1.29 is 30.0 Å². The minimum Gasteiger partial charge on any atom is -0.294 e. The van der Waals surface area contributed by atoms with Crippen LogP contribution in [-0.4, -0.2) is 11.0 Å². The number of hydrogen-bond donors (Lipinski definition) is 0. The predicted octanol–water partition coefficient (Wildman–Crippen LogP) is 5.98. The zero-order valence-electron chi connectivity index (χ0n) is 16.0. The van der Waals surface area contributed by atoms with Crippen LogP contribution in [0.5, 0.6) is 0 Å². The summed E-state index contributed by atoms with van der Waals surface area (Å²) in [4.78, 5) is 24.6.